The van der Waals surface area contributed by atoms with E-state index in [2.05, 4.69) is 27.9 Å². The van der Waals surface area contributed by atoms with Gasteiger partial charge in [-0.05, 0) is 55.9 Å². The Morgan fingerprint density at radius 2 is 1.97 bits per heavy atom. The number of urea groups is 1. The Morgan fingerprint density at radius 3 is 2.63 bits per heavy atom. The summed E-state index contributed by atoms with van der Waals surface area (Å²) in [4.78, 5) is 55.6. The Kier molecular flexibility index (Phi) is 6.99. The van der Waals surface area contributed by atoms with Gasteiger partial charge in [0.15, 0.2) is 0 Å². The fraction of sp³-hybridized carbons (Fsp3) is 0.400. The molecular weight excluding hydrogens is 450 g/mol. The predicted octanol–water partition coefficient (Wildman–Crippen LogP) is 3.17. The van der Waals surface area contributed by atoms with E-state index in [4.69, 9.17) is 4.74 Å². The van der Waals surface area contributed by atoms with E-state index >= 15 is 0 Å². The van der Waals surface area contributed by atoms with Crippen molar-refractivity contribution in [2.45, 2.75) is 44.6 Å². The number of pyridine rings is 1. The van der Waals surface area contributed by atoms with E-state index < -0.39 is 17.5 Å². The van der Waals surface area contributed by atoms with Crippen LogP contribution in [0.2, 0.25) is 0 Å². The van der Waals surface area contributed by atoms with Crippen molar-refractivity contribution in [3.8, 4) is 5.75 Å². The number of rotatable bonds is 7. The lowest BCUT2D eigenvalue weighted by Crippen LogP contribution is -2.49. The van der Waals surface area contributed by atoms with Gasteiger partial charge in [0.25, 0.3) is 11.8 Å². The molecule has 3 N–H and O–H groups in total. The molecule has 0 unspecified atom stereocenters. The molecule has 5 amide bonds. The lowest BCUT2D eigenvalue weighted by Gasteiger charge is -2.34. The van der Waals surface area contributed by atoms with Crippen molar-refractivity contribution < 1.29 is 23.9 Å². The maximum absolute atomic E-state index is 13.0. The number of imide groups is 1. The summed E-state index contributed by atoms with van der Waals surface area (Å²) >= 11 is 0. The monoisotopic (exact) mass is 479 g/mol. The van der Waals surface area contributed by atoms with Crippen molar-refractivity contribution in [2.24, 2.45) is 5.92 Å². The maximum atomic E-state index is 13.0. The van der Waals surface area contributed by atoms with Crippen molar-refractivity contribution >= 4 is 35.1 Å². The molecule has 1 spiro atoms. The summed E-state index contributed by atoms with van der Waals surface area (Å²) in [5.41, 5.74) is 0.316. The van der Waals surface area contributed by atoms with E-state index in [1.165, 1.54) is 13.3 Å². The number of carbonyl (C=O) groups is 4. The molecule has 2 aromatic rings. The molecule has 10 nitrogen and oxygen atoms in total. The molecule has 10 heteroatoms. The molecule has 4 rings (SSSR count). The van der Waals surface area contributed by atoms with Gasteiger partial charge in [0.1, 0.15) is 17.8 Å². The summed E-state index contributed by atoms with van der Waals surface area (Å²) in [5.74, 6) is -0.301. The standard InChI is InChI=1S/C25H29N5O5/c1-3-16-8-10-25(11-9-16)23(33)30(24(34)29-25)15-21(31)27-18-6-7-19(20(13-18)35-2)28-22(32)17-5-4-12-26-14-17/h4-7,12-14,16H,3,8-11,15H2,1-2H3,(H,27,31)(H,28,32)(H,29,34). The highest BCUT2D eigenvalue weighted by atomic mass is 16.5. The van der Waals surface area contributed by atoms with Crippen LogP contribution >= 0.6 is 0 Å². The van der Waals surface area contributed by atoms with Crippen molar-refractivity contribution in [1.29, 1.82) is 0 Å². The van der Waals surface area contributed by atoms with Gasteiger partial charge in [-0.15, -0.1) is 0 Å². The molecule has 35 heavy (non-hydrogen) atoms. The molecule has 1 aromatic heterocycles. The molecule has 0 radical (unpaired) electrons. The Hall–Kier alpha value is -3.95. The topological polar surface area (TPSA) is 130 Å². The average Bonchev–Trinajstić information content (AvgIpc) is 3.09. The molecule has 2 heterocycles. The third-order valence-electron chi connectivity index (χ3n) is 6.74. The second-order valence-corrected chi connectivity index (χ2v) is 8.91. The van der Waals surface area contributed by atoms with Crippen molar-refractivity contribution in [2.75, 3.05) is 24.3 Å². The number of methoxy groups -OCH3 is 1. The average molecular weight is 480 g/mol. The Labute approximate surface area is 203 Å². The number of ether oxygens (including phenoxy) is 1. The molecule has 1 aliphatic carbocycles. The minimum Gasteiger partial charge on any atom is -0.494 e. The number of benzene rings is 1. The van der Waals surface area contributed by atoms with E-state index in [0.29, 0.717) is 41.4 Å². The maximum Gasteiger partial charge on any atom is 0.325 e. The van der Waals surface area contributed by atoms with E-state index in [-0.39, 0.29) is 18.4 Å². The molecule has 2 fully saturated rings. The van der Waals surface area contributed by atoms with Gasteiger partial charge >= 0.3 is 6.03 Å². The van der Waals surface area contributed by atoms with E-state index in [9.17, 15) is 19.2 Å². The fourth-order valence-electron chi connectivity index (χ4n) is 4.65. The summed E-state index contributed by atoms with van der Waals surface area (Å²) in [7, 11) is 1.45. The Morgan fingerprint density at radius 1 is 1.20 bits per heavy atom. The molecule has 1 saturated carbocycles. The zero-order valence-corrected chi connectivity index (χ0v) is 19.8. The van der Waals surface area contributed by atoms with Gasteiger partial charge in [-0.3, -0.25) is 24.3 Å². The number of nitrogens with one attached hydrogen (secondary N) is 3. The van der Waals surface area contributed by atoms with Gasteiger partial charge in [0, 0.05) is 24.1 Å². The zero-order valence-electron chi connectivity index (χ0n) is 19.8. The predicted molar refractivity (Wildman–Crippen MR) is 129 cm³/mol. The second-order valence-electron chi connectivity index (χ2n) is 8.91. The van der Waals surface area contributed by atoms with Crippen LogP contribution in [0.1, 0.15) is 49.4 Å². The minimum absolute atomic E-state index is 0.335. The number of hydrogen-bond donors (Lipinski definition) is 3. The summed E-state index contributed by atoms with van der Waals surface area (Å²) < 4.78 is 5.35. The molecule has 0 atom stereocenters. The van der Waals surface area contributed by atoms with Crippen LogP contribution < -0.4 is 20.7 Å². The SMILES string of the molecule is CCC1CCC2(CC1)NC(=O)N(CC(=O)Nc1ccc(NC(=O)c3cccnc3)c(OC)c1)C2=O. The van der Waals surface area contributed by atoms with Gasteiger partial charge < -0.3 is 20.7 Å². The second kappa shape index (κ2) is 10.1. The van der Waals surface area contributed by atoms with Crippen LogP contribution in [-0.4, -0.2) is 52.8 Å². The lowest BCUT2D eigenvalue weighted by molar-refractivity contribution is -0.135. The van der Waals surface area contributed by atoms with Crippen LogP contribution in [0.15, 0.2) is 42.7 Å². The van der Waals surface area contributed by atoms with Crippen LogP contribution in [0.3, 0.4) is 0 Å². The third kappa shape index (κ3) is 5.11. The minimum atomic E-state index is -0.889. The molecule has 184 valence electrons. The first-order chi connectivity index (χ1) is 16.8. The summed E-state index contributed by atoms with van der Waals surface area (Å²) in [5, 5.41) is 8.27. The van der Waals surface area contributed by atoms with Crippen molar-refractivity contribution in [3.63, 3.8) is 0 Å². The van der Waals surface area contributed by atoms with Gasteiger partial charge in [0.05, 0.1) is 18.4 Å². The lowest BCUT2D eigenvalue weighted by atomic mass is 9.75. The Bertz CT molecular complexity index is 1130. The summed E-state index contributed by atoms with van der Waals surface area (Å²) in [6.45, 7) is 1.75. The van der Waals surface area contributed by atoms with E-state index in [1.54, 1.807) is 36.5 Å². The molecule has 0 bridgehead atoms. The molecule has 1 aromatic carbocycles. The number of anilines is 2. The van der Waals surface area contributed by atoms with Crippen molar-refractivity contribution in [1.82, 2.24) is 15.2 Å². The van der Waals surface area contributed by atoms with Crippen molar-refractivity contribution in [3.05, 3.63) is 48.3 Å². The van der Waals surface area contributed by atoms with Gasteiger partial charge in [0.2, 0.25) is 5.91 Å². The number of amides is 5. The number of nitrogens with zero attached hydrogens (tertiary/aromatic N) is 2. The molecule has 2 aliphatic rings. The van der Waals surface area contributed by atoms with Crippen LogP contribution in [0, 0.1) is 5.92 Å². The quantitative estimate of drug-likeness (QED) is 0.523. The summed E-state index contributed by atoms with van der Waals surface area (Å²) in [6, 6.07) is 7.51. The highest BCUT2D eigenvalue weighted by molar-refractivity contribution is 6.10. The molecule has 1 aliphatic heterocycles. The first kappa shape index (κ1) is 24.2. The van der Waals surface area contributed by atoms with E-state index in [0.717, 1.165) is 24.2 Å². The van der Waals surface area contributed by atoms with Gasteiger partial charge in [-0.25, -0.2) is 4.79 Å². The van der Waals surface area contributed by atoms with E-state index in [1.807, 2.05) is 0 Å². The Balaban J connectivity index is 1.39. The van der Waals surface area contributed by atoms with Gasteiger partial charge in [-0.1, -0.05) is 13.3 Å². The largest absolute Gasteiger partial charge is 0.494 e. The van der Waals surface area contributed by atoms with Crippen LogP contribution in [0.25, 0.3) is 0 Å². The van der Waals surface area contributed by atoms with Gasteiger partial charge in [-0.2, -0.15) is 0 Å². The van der Waals surface area contributed by atoms with Crippen LogP contribution in [-0.2, 0) is 9.59 Å². The first-order valence-electron chi connectivity index (χ1n) is 11.7. The highest BCUT2D eigenvalue weighted by Gasteiger charge is 2.52. The molecular formula is C25H29N5O5. The summed E-state index contributed by atoms with van der Waals surface area (Å²) in [6.07, 6.45) is 7.03. The normalized spacial score (nSPS) is 21.5. The zero-order chi connectivity index (χ0) is 25.0. The third-order valence-corrected chi connectivity index (χ3v) is 6.74. The number of hydrogen-bond acceptors (Lipinski definition) is 6. The number of carbonyl (C=O) groups excluding carboxylic acids is 4. The first-order valence-corrected chi connectivity index (χ1v) is 11.7. The number of aromatic nitrogens is 1. The van der Waals surface area contributed by atoms with Crippen LogP contribution in [0.5, 0.6) is 5.75 Å². The molecule has 1 saturated heterocycles. The highest BCUT2D eigenvalue weighted by Crippen LogP contribution is 2.37. The van der Waals surface area contributed by atoms with Crippen LogP contribution in [0.4, 0.5) is 16.2 Å². The smallest absolute Gasteiger partial charge is 0.325 e. The fourth-order valence-corrected chi connectivity index (χ4v) is 4.65.